The first-order chi connectivity index (χ1) is 6.80. The van der Waals surface area contributed by atoms with E-state index in [2.05, 4.69) is 6.58 Å². The normalized spacial score (nSPS) is 23.1. The lowest BCUT2D eigenvalue weighted by atomic mass is 9.80. The zero-order chi connectivity index (χ0) is 11.7. The van der Waals surface area contributed by atoms with Crippen molar-refractivity contribution in [1.29, 1.82) is 0 Å². The van der Waals surface area contributed by atoms with Gasteiger partial charge in [-0.3, -0.25) is 0 Å². The van der Waals surface area contributed by atoms with E-state index in [1.54, 1.807) is 0 Å². The van der Waals surface area contributed by atoms with E-state index < -0.39 is 0 Å². The predicted octanol–water partition coefficient (Wildman–Crippen LogP) is 2.21. The van der Waals surface area contributed by atoms with Crippen molar-refractivity contribution in [1.82, 2.24) is 0 Å². The second-order valence-corrected chi connectivity index (χ2v) is 4.88. The first kappa shape index (κ1) is 12.8. The molecule has 0 radical (unpaired) electrons. The summed E-state index contributed by atoms with van der Waals surface area (Å²) in [5.41, 5.74) is 0.245. The van der Waals surface area contributed by atoms with Crippen molar-refractivity contribution in [2.75, 3.05) is 13.2 Å². The molecule has 1 aliphatic heterocycles. The smallest absolute Gasteiger partial charge is 0.400 e. The van der Waals surface area contributed by atoms with Gasteiger partial charge in [-0.2, -0.15) is 0 Å². The highest BCUT2D eigenvalue weighted by molar-refractivity contribution is 6.54. The summed E-state index contributed by atoms with van der Waals surface area (Å²) in [6.07, 6.45) is 0. The van der Waals surface area contributed by atoms with Crippen LogP contribution < -0.4 is 0 Å². The van der Waals surface area contributed by atoms with Crippen molar-refractivity contribution in [3.05, 3.63) is 12.1 Å². The van der Waals surface area contributed by atoms with Crippen molar-refractivity contribution in [3.8, 4) is 0 Å². The van der Waals surface area contributed by atoms with E-state index >= 15 is 0 Å². The summed E-state index contributed by atoms with van der Waals surface area (Å²) >= 11 is 0. The van der Waals surface area contributed by atoms with E-state index in [4.69, 9.17) is 14.0 Å². The first-order valence-electron chi connectivity index (χ1n) is 5.41. The molecule has 1 heterocycles. The Hall–Kier alpha value is -0.315. The molecule has 0 aromatic heterocycles. The third-order valence-corrected chi connectivity index (χ3v) is 3.08. The topological polar surface area (TPSA) is 27.7 Å². The van der Waals surface area contributed by atoms with Crippen LogP contribution in [0.25, 0.3) is 0 Å². The highest BCUT2D eigenvalue weighted by Crippen LogP contribution is 2.38. The zero-order valence-electron chi connectivity index (χ0n) is 10.4. The van der Waals surface area contributed by atoms with E-state index in [0.717, 1.165) is 5.47 Å². The summed E-state index contributed by atoms with van der Waals surface area (Å²) in [5, 5.41) is 0. The molecule has 0 spiro atoms. The second-order valence-electron chi connectivity index (χ2n) is 4.88. The van der Waals surface area contributed by atoms with Crippen LogP contribution in [-0.2, 0) is 14.0 Å². The Morgan fingerprint density at radius 2 is 1.67 bits per heavy atom. The molecule has 3 nitrogen and oxygen atoms in total. The SMILES string of the molecule is C=C(COCC)B1OC(C)(C)C(C)(C)O1. The lowest BCUT2D eigenvalue weighted by Gasteiger charge is -2.32. The van der Waals surface area contributed by atoms with Gasteiger partial charge in [-0.25, -0.2) is 0 Å². The summed E-state index contributed by atoms with van der Waals surface area (Å²) in [6.45, 7) is 15.2. The standard InChI is InChI=1S/C11H21BO3/c1-7-13-8-9(2)12-14-10(3,4)11(5,6)15-12/h2,7-8H2,1,3-6H3. The van der Waals surface area contributed by atoms with Crippen LogP contribution in [0.2, 0.25) is 0 Å². The van der Waals surface area contributed by atoms with Gasteiger partial charge in [-0.1, -0.05) is 0 Å². The van der Waals surface area contributed by atoms with Gasteiger partial charge in [-0.05, 0) is 40.1 Å². The molecule has 0 N–H and O–H groups in total. The maximum Gasteiger partial charge on any atom is 0.492 e. The summed E-state index contributed by atoms with van der Waals surface area (Å²) in [4.78, 5) is 0. The Labute approximate surface area is 92.9 Å². The molecular weight excluding hydrogens is 191 g/mol. The summed E-state index contributed by atoms with van der Waals surface area (Å²) in [5.74, 6) is 0. The minimum atomic E-state index is -0.346. The summed E-state index contributed by atoms with van der Waals surface area (Å²) in [6, 6.07) is 0. The van der Waals surface area contributed by atoms with Crippen molar-refractivity contribution < 1.29 is 14.0 Å². The van der Waals surface area contributed by atoms with Crippen molar-refractivity contribution in [2.45, 2.75) is 45.8 Å². The molecule has 0 unspecified atom stereocenters. The quantitative estimate of drug-likeness (QED) is 0.668. The minimum absolute atomic E-state index is 0.299. The molecule has 1 fully saturated rings. The monoisotopic (exact) mass is 212 g/mol. The Bertz CT molecular complexity index is 232. The van der Waals surface area contributed by atoms with Gasteiger partial charge in [0, 0.05) is 6.61 Å². The third-order valence-electron chi connectivity index (χ3n) is 3.08. The molecule has 0 atom stereocenters. The molecule has 0 aromatic carbocycles. The van der Waals surface area contributed by atoms with E-state index in [9.17, 15) is 0 Å². The minimum Gasteiger partial charge on any atom is -0.400 e. The van der Waals surface area contributed by atoms with Crippen molar-refractivity contribution in [3.63, 3.8) is 0 Å². The molecule has 1 rings (SSSR count). The van der Waals surface area contributed by atoms with Crippen LogP contribution >= 0.6 is 0 Å². The Morgan fingerprint density at radius 1 is 1.20 bits per heavy atom. The highest BCUT2D eigenvalue weighted by Gasteiger charge is 2.51. The molecule has 86 valence electrons. The maximum absolute atomic E-state index is 5.82. The number of hydrogen-bond donors (Lipinski definition) is 0. The summed E-state index contributed by atoms with van der Waals surface area (Å²) < 4.78 is 16.9. The number of hydrogen-bond acceptors (Lipinski definition) is 3. The van der Waals surface area contributed by atoms with Crippen molar-refractivity contribution >= 4 is 7.12 Å². The van der Waals surface area contributed by atoms with E-state index in [0.29, 0.717) is 13.2 Å². The molecule has 1 saturated heterocycles. The molecule has 0 aliphatic carbocycles. The van der Waals surface area contributed by atoms with Crippen LogP contribution in [0.15, 0.2) is 12.1 Å². The third kappa shape index (κ3) is 2.62. The lowest BCUT2D eigenvalue weighted by molar-refractivity contribution is 0.00578. The summed E-state index contributed by atoms with van der Waals surface area (Å²) in [7, 11) is -0.346. The average Bonchev–Trinajstić information content (AvgIpc) is 2.32. The molecule has 1 aliphatic rings. The van der Waals surface area contributed by atoms with Crippen LogP contribution in [0.5, 0.6) is 0 Å². The Morgan fingerprint density at radius 3 is 2.07 bits per heavy atom. The maximum atomic E-state index is 5.82. The molecular formula is C11H21BO3. The van der Waals surface area contributed by atoms with Gasteiger partial charge in [0.05, 0.1) is 17.8 Å². The molecule has 15 heavy (non-hydrogen) atoms. The Kier molecular flexibility index (Phi) is 3.64. The van der Waals surface area contributed by atoms with Crippen molar-refractivity contribution in [2.24, 2.45) is 0 Å². The van der Waals surface area contributed by atoms with Crippen LogP contribution in [0.4, 0.5) is 0 Å². The second kappa shape index (κ2) is 4.28. The van der Waals surface area contributed by atoms with E-state index in [-0.39, 0.29) is 18.3 Å². The zero-order valence-corrected chi connectivity index (χ0v) is 10.4. The molecule has 0 bridgehead atoms. The molecule has 0 saturated carbocycles. The number of rotatable bonds is 4. The van der Waals surface area contributed by atoms with Gasteiger partial charge in [0.15, 0.2) is 0 Å². The largest absolute Gasteiger partial charge is 0.492 e. The fourth-order valence-electron chi connectivity index (χ4n) is 1.31. The highest BCUT2D eigenvalue weighted by atomic mass is 16.7. The van der Waals surface area contributed by atoms with Gasteiger partial charge < -0.3 is 14.0 Å². The van der Waals surface area contributed by atoms with Gasteiger partial charge >= 0.3 is 7.12 Å². The fourth-order valence-corrected chi connectivity index (χ4v) is 1.31. The van der Waals surface area contributed by atoms with Gasteiger partial charge in [0.25, 0.3) is 0 Å². The van der Waals surface area contributed by atoms with Crippen LogP contribution in [0.1, 0.15) is 34.6 Å². The first-order valence-corrected chi connectivity index (χ1v) is 5.41. The van der Waals surface area contributed by atoms with Gasteiger partial charge in [0.1, 0.15) is 0 Å². The fraction of sp³-hybridized carbons (Fsp3) is 0.818. The molecule has 4 heteroatoms. The average molecular weight is 212 g/mol. The van der Waals surface area contributed by atoms with Crippen LogP contribution in [0.3, 0.4) is 0 Å². The van der Waals surface area contributed by atoms with Crippen LogP contribution in [0, 0.1) is 0 Å². The van der Waals surface area contributed by atoms with E-state index in [1.807, 2.05) is 34.6 Å². The molecule has 0 aromatic rings. The predicted molar refractivity (Wildman–Crippen MR) is 61.7 cm³/mol. The Balaban J connectivity index is 2.59. The lowest BCUT2D eigenvalue weighted by Crippen LogP contribution is -2.41. The van der Waals surface area contributed by atoms with Crippen LogP contribution in [-0.4, -0.2) is 31.5 Å². The van der Waals surface area contributed by atoms with Gasteiger partial charge in [-0.15, -0.1) is 6.58 Å². The van der Waals surface area contributed by atoms with Gasteiger partial charge in [0.2, 0.25) is 0 Å². The number of ether oxygens (including phenoxy) is 1. The molecule has 0 amide bonds. The van der Waals surface area contributed by atoms with E-state index in [1.165, 1.54) is 0 Å².